The Hall–Kier alpha value is -2.37. The van der Waals surface area contributed by atoms with Crippen LogP contribution in [0.2, 0.25) is 0 Å². The number of anilines is 2. The van der Waals surface area contributed by atoms with E-state index < -0.39 is 17.5 Å². The third-order valence-corrected chi connectivity index (χ3v) is 3.22. The molecule has 0 atom stereocenters. The quantitative estimate of drug-likeness (QED) is 0.906. The number of hydrogen-bond donors (Lipinski definition) is 2. The Morgan fingerprint density at radius 1 is 1.30 bits per heavy atom. The van der Waals surface area contributed by atoms with Gasteiger partial charge in [-0.05, 0) is 31.0 Å². The zero-order valence-corrected chi connectivity index (χ0v) is 10.6. The van der Waals surface area contributed by atoms with Gasteiger partial charge in [0.25, 0.3) is 5.91 Å². The first-order valence-corrected chi connectivity index (χ1v) is 6.28. The molecule has 1 aliphatic rings. The highest BCUT2D eigenvalue weighted by Crippen LogP contribution is 2.37. The van der Waals surface area contributed by atoms with Crippen LogP contribution in [0.15, 0.2) is 30.5 Å². The molecule has 1 aromatic carbocycles. The molecule has 1 aromatic heterocycles. The summed E-state index contributed by atoms with van der Waals surface area (Å²) in [5, 5.41) is 2.37. The predicted molar refractivity (Wildman–Crippen MR) is 71.4 cm³/mol. The van der Waals surface area contributed by atoms with Crippen LogP contribution in [0.1, 0.15) is 29.4 Å². The molecule has 1 saturated carbocycles. The maximum Gasteiger partial charge on any atom is 0.272 e. The second-order valence-electron chi connectivity index (χ2n) is 4.88. The van der Waals surface area contributed by atoms with E-state index in [1.54, 1.807) is 10.8 Å². The first kappa shape index (κ1) is 12.7. The topological polar surface area (TPSA) is 60.1 Å². The summed E-state index contributed by atoms with van der Waals surface area (Å²) in [5.41, 5.74) is 6.34. The van der Waals surface area contributed by atoms with Crippen LogP contribution in [0.25, 0.3) is 0 Å². The molecule has 1 amide bonds. The summed E-state index contributed by atoms with van der Waals surface area (Å²) in [5.74, 6) is -1.80. The highest BCUT2D eigenvalue weighted by molar-refractivity contribution is 6.04. The molecule has 0 spiro atoms. The normalized spacial score (nSPS) is 14.3. The summed E-state index contributed by atoms with van der Waals surface area (Å²) in [4.78, 5) is 12.2. The first-order chi connectivity index (χ1) is 9.54. The van der Waals surface area contributed by atoms with E-state index in [4.69, 9.17) is 5.73 Å². The predicted octanol–water partition coefficient (Wildman–Crippen LogP) is 2.94. The zero-order valence-electron chi connectivity index (χ0n) is 10.6. The zero-order chi connectivity index (χ0) is 14.3. The maximum atomic E-state index is 13.5. The van der Waals surface area contributed by atoms with Crippen molar-refractivity contribution in [3.8, 4) is 0 Å². The van der Waals surface area contributed by atoms with E-state index >= 15 is 0 Å². The third-order valence-electron chi connectivity index (χ3n) is 3.22. The van der Waals surface area contributed by atoms with Gasteiger partial charge in [-0.1, -0.05) is 0 Å². The number of halogens is 2. The Balaban J connectivity index is 1.87. The van der Waals surface area contributed by atoms with Crippen LogP contribution in [0.5, 0.6) is 0 Å². The van der Waals surface area contributed by atoms with Gasteiger partial charge in [-0.3, -0.25) is 4.79 Å². The molecular formula is C14H13F2N3O. The summed E-state index contributed by atoms with van der Waals surface area (Å²) in [6.45, 7) is 0. The van der Waals surface area contributed by atoms with Gasteiger partial charge in [0.2, 0.25) is 0 Å². The monoisotopic (exact) mass is 277 g/mol. The lowest BCUT2D eigenvalue weighted by molar-refractivity contribution is 0.101. The van der Waals surface area contributed by atoms with Gasteiger partial charge >= 0.3 is 0 Å². The Bertz CT molecular complexity index is 677. The Morgan fingerprint density at radius 2 is 2.05 bits per heavy atom. The smallest absolute Gasteiger partial charge is 0.272 e. The van der Waals surface area contributed by atoms with E-state index in [0.717, 1.165) is 31.0 Å². The molecule has 1 fully saturated rings. The number of nitrogens with two attached hydrogens (primary N) is 1. The molecule has 1 heterocycles. The standard InChI is InChI=1S/C14H13F2N3O/c15-8-1-4-11(16)12(5-8)18-14(20)13-6-9(17)7-19(13)10-2-3-10/h1,4-7,10H,2-3,17H2,(H,18,20). The molecule has 0 unspecified atom stereocenters. The molecule has 3 N–H and O–H groups in total. The van der Waals surface area contributed by atoms with E-state index in [-0.39, 0.29) is 11.7 Å². The SMILES string of the molecule is Nc1cc(C(=O)Nc2cc(F)ccc2F)n(C2CC2)c1. The minimum absolute atomic E-state index is 0.183. The molecule has 2 aromatic rings. The number of benzene rings is 1. The number of carbonyl (C=O) groups is 1. The maximum absolute atomic E-state index is 13.5. The average Bonchev–Trinajstić information content (AvgIpc) is 3.17. The summed E-state index contributed by atoms with van der Waals surface area (Å²) < 4.78 is 28.4. The molecule has 20 heavy (non-hydrogen) atoms. The van der Waals surface area contributed by atoms with Crippen LogP contribution in [0, 0.1) is 11.6 Å². The van der Waals surface area contributed by atoms with Gasteiger partial charge in [-0.15, -0.1) is 0 Å². The van der Waals surface area contributed by atoms with Crippen LogP contribution in [-0.4, -0.2) is 10.5 Å². The largest absolute Gasteiger partial charge is 0.397 e. The Kier molecular flexibility index (Phi) is 2.93. The van der Waals surface area contributed by atoms with Crippen LogP contribution in [0.4, 0.5) is 20.2 Å². The van der Waals surface area contributed by atoms with E-state index in [0.29, 0.717) is 11.4 Å². The number of hydrogen-bond acceptors (Lipinski definition) is 2. The fourth-order valence-corrected chi connectivity index (χ4v) is 2.12. The highest BCUT2D eigenvalue weighted by atomic mass is 19.1. The summed E-state index contributed by atoms with van der Waals surface area (Å²) in [6.07, 6.45) is 3.67. The number of aromatic nitrogens is 1. The number of nitrogens with zero attached hydrogens (tertiary/aromatic N) is 1. The third kappa shape index (κ3) is 2.36. The van der Waals surface area contributed by atoms with E-state index in [9.17, 15) is 13.6 Å². The number of nitrogens with one attached hydrogen (secondary N) is 1. The molecular weight excluding hydrogens is 264 g/mol. The minimum atomic E-state index is -0.683. The van der Waals surface area contributed by atoms with Gasteiger partial charge in [0.15, 0.2) is 0 Å². The molecule has 4 nitrogen and oxygen atoms in total. The average molecular weight is 277 g/mol. The lowest BCUT2D eigenvalue weighted by Crippen LogP contribution is -2.17. The Labute approximate surface area is 114 Å². The lowest BCUT2D eigenvalue weighted by Gasteiger charge is -2.09. The number of amides is 1. The summed E-state index contributed by atoms with van der Waals surface area (Å²) in [7, 11) is 0. The van der Waals surface area contributed by atoms with Gasteiger partial charge in [0.05, 0.1) is 11.4 Å². The van der Waals surface area contributed by atoms with Crippen molar-refractivity contribution in [2.24, 2.45) is 0 Å². The van der Waals surface area contributed by atoms with Crippen molar-refractivity contribution >= 4 is 17.3 Å². The van der Waals surface area contributed by atoms with Crippen molar-refractivity contribution in [3.05, 3.63) is 47.8 Å². The summed E-state index contributed by atoms with van der Waals surface area (Å²) >= 11 is 0. The fraction of sp³-hybridized carbons (Fsp3) is 0.214. The van der Waals surface area contributed by atoms with Crippen molar-refractivity contribution in [1.82, 2.24) is 4.57 Å². The molecule has 3 rings (SSSR count). The van der Waals surface area contributed by atoms with Crippen LogP contribution >= 0.6 is 0 Å². The second-order valence-corrected chi connectivity index (χ2v) is 4.88. The van der Waals surface area contributed by atoms with Gasteiger partial charge in [-0.2, -0.15) is 0 Å². The van der Waals surface area contributed by atoms with Crippen molar-refractivity contribution in [2.75, 3.05) is 11.1 Å². The van der Waals surface area contributed by atoms with Crippen molar-refractivity contribution in [3.63, 3.8) is 0 Å². The van der Waals surface area contributed by atoms with Gasteiger partial charge in [-0.25, -0.2) is 8.78 Å². The number of carbonyl (C=O) groups excluding carboxylic acids is 1. The fourth-order valence-electron chi connectivity index (χ4n) is 2.12. The van der Waals surface area contributed by atoms with Crippen LogP contribution < -0.4 is 11.1 Å². The lowest BCUT2D eigenvalue weighted by atomic mass is 10.2. The van der Waals surface area contributed by atoms with E-state index in [2.05, 4.69) is 5.32 Å². The summed E-state index contributed by atoms with van der Waals surface area (Å²) in [6, 6.07) is 4.71. The van der Waals surface area contributed by atoms with Crippen LogP contribution in [-0.2, 0) is 0 Å². The van der Waals surface area contributed by atoms with Gasteiger partial charge < -0.3 is 15.6 Å². The van der Waals surface area contributed by atoms with Crippen molar-refractivity contribution < 1.29 is 13.6 Å². The first-order valence-electron chi connectivity index (χ1n) is 6.28. The molecule has 0 saturated heterocycles. The number of nitrogen functional groups attached to an aromatic ring is 1. The second kappa shape index (κ2) is 4.63. The number of rotatable bonds is 3. The molecule has 0 bridgehead atoms. The molecule has 6 heteroatoms. The molecule has 0 aliphatic heterocycles. The molecule has 1 aliphatic carbocycles. The van der Waals surface area contributed by atoms with Crippen molar-refractivity contribution in [2.45, 2.75) is 18.9 Å². The molecule has 104 valence electrons. The van der Waals surface area contributed by atoms with Gasteiger partial charge in [0.1, 0.15) is 17.3 Å². The minimum Gasteiger partial charge on any atom is -0.397 e. The van der Waals surface area contributed by atoms with Crippen LogP contribution in [0.3, 0.4) is 0 Å². The van der Waals surface area contributed by atoms with Crippen molar-refractivity contribution in [1.29, 1.82) is 0 Å². The highest BCUT2D eigenvalue weighted by Gasteiger charge is 2.28. The van der Waals surface area contributed by atoms with E-state index in [1.165, 1.54) is 6.07 Å². The Morgan fingerprint density at radius 3 is 2.75 bits per heavy atom. The molecule has 0 radical (unpaired) electrons. The van der Waals surface area contributed by atoms with Gasteiger partial charge in [0, 0.05) is 18.3 Å². The van der Waals surface area contributed by atoms with E-state index in [1.807, 2.05) is 0 Å².